The Morgan fingerprint density at radius 3 is 1.57 bits per heavy atom. The fourth-order valence-electron chi connectivity index (χ4n) is 3.71. The zero-order valence-electron chi connectivity index (χ0n) is 15.9. The normalized spacial score (nSPS) is 20.5. The molecule has 1 aliphatic heterocycles. The number of hydrogen-bond acceptors (Lipinski definition) is 2. The fourth-order valence-corrected chi connectivity index (χ4v) is 3.71. The number of benzene rings is 3. The Morgan fingerprint density at radius 1 is 0.679 bits per heavy atom. The molecule has 1 saturated heterocycles. The molecule has 1 N–H and O–H groups in total. The van der Waals surface area contributed by atoms with Crippen LogP contribution < -0.4 is 0 Å². The van der Waals surface area contributed by atoms with Gasteiger partial charge in [0.05, 0.1) is 6.10 Å². The molecule has 1 heterocycles. The summed E-state index contributed by atoms with van der Waals surface area (Å²) in [4.78, 5) is 2.39. The molecule has 1 aliphatic rings. The molecular weight excluding hydrogens is 342 g/mol. The summed E-state index contributed by atoms with van der Waals surface area (Å²) in [5, 5.41) is 11.1. The van der Waals surface area contributed by atoms with Crippen molar-refractivity contribution >= 4 is 12.2 Å². The van der Waals surface area contributed by atoms with Gasteiger partial charge in [-0.1, -0.05) is 103 Å². The quantitative estimate of drug-likeness (QED) is 0.699. The van der Waals surface area contributed by atoms with Crippen molar-refractivity contribution in [2.45, 2.75) is 12.6 Å². The summed E-state index contributed by atoms with van der Waals surface area (Å²) < 4.78 is 0. The molecule has 140 valence electrons. The van der Waals surface area contributed by atoms with Gasteiger partial charge in [0.25, 0.3) is 0 Å². The van der Waals surface area contributed by atoms with Crippen molar-refractivity contribution in [1.82, 2.24) is 4.90 Å². The van der Waals surface area contributed by atoms with E-state index in [0.717, 1.165) is 41.9 Å². The van der Waals surface area contributed by atoms with Crippen molar-refractivity contribution in [3.63, 3.8) is 0 Å². The lowest BCUT2D eigenvalue weighted by atomic mass is 9.92. The third-order valence-corrected chi connectivity index (χ3v) is 5.07. The second kappa shape index (κ2) is 8.83. The molecule has 4 rings (SSSR count). The van der Waals surface area contributed by atoms with Crippen molar-refractivity contribution in [3.05, 3.63) is 119 Å². The van der Waals surface area contributed by atoms with Crippen molar-refractivity contribution in [2.24, 2.45) is 0 Å². The Labute approximate surface area is 167 Å². The van der Waals surface area contributed by atoms with E-state index < -0.39 is 6.10 Å². The molecule has 3 aromatic carbocycles. The van der Waals surface area contributed by atoms with Crippen molar-refractivity contribution in [3.8, 4) is 0 Å². The minimum Gasteiger partial charge on any atom is -0.384 e. The Balaban J connectivity index is 1.65. The first-order valence-corrected chi connectivity index (χ1v) is 9.73. The Morgan fingerprint density at radius 2 is 1.11 bits per heavy atom. The zero-order chi connectivity index (χ0) is 19.2. The summed E-state index contributed by atoms with van der Waals surface area (Å²) in [7, 11) is 0. The van der Waals surface area contributed by atoms with Crippen LogP contribution in [0.25, 0.3) is 12.2 Å². The van der Waals surface area contributed by atoms with E-state index in [0.29, 0.717) is 0 Å². The fraction of sp³-hybridized carbons (Fsp3) is 0.154. The van der Waals surface area contributed by atoms with Crippen LogP contribution in [0.5, 0.6) is 0 Å². The van der Waals surface area contributed by atoms with Crippen LogP contribution in [0, 0.1) is 0 Å². The molecule has 0 saturated carbocycles. The maximum Gasteiger partial charge on any atom is 0.0992 e. The third kappa shape index (κ3) is 4.66. The van der Waals surface area contributed by atoms with Crippen LogP contribution in [0.1, 0.15) is 16.7 Å². The second-order valence-electron chi connectivity index (χ2n) is 7.29. The van der Waals surface area contributed by atoms with Gasteiger partial charge in [-0.15, -0.1) is 0 Å². The number of nitrogens with zero attached hydrogens (tertiary/aromatic N) is 1. The van der Waals surface area contributed by atoms with E-state index in [1.807, 2.05) is 42.5 Å². The van der Waals surface area contributed by atoms with Crippen molar-refractivity contribution in [2.75, 3.05) is 13.1 Å². The van der Waals surface area contributed by atoms with Crippen LogP contribution in [0.3, 0.4) is 0 Å². The molecule has 0 bridgehead atoms. The molecule has 3 aromatic rings. The van der Waals surface area contributed by atoms with Crippen molar-refractivity contribution in [1.29, 1.82) is 0 Å². The first-order chi connectivity index (χ1) is 13.8. The maximum absolute atomic E-state index is 11.1. The zero-order valence-corrected chi connectivity index (χ0v) is 15.9. The highest BCUT2D eigenvalue weighted by molar-refractivity contribution is 5.61. The second-order valence-corrected chi connectivity index (χ2v) is 7.29. The summed E-state index contributed by atoms with van der Waals surface area (Å²) in [6.07, 6.45) is 3.70. The molecule has 0 spiro atoms. The highest BCUT2D eigenvalue weighted by atomic mass is 16.3. The predicted molar refractivity (Wildman–Crippen MR) is 117 cm³/mol. The summed E-state index contributed by atoms with van der Waals surface area (Å²) in [6, 6.07) is 31.0. The monoisotopic (exact) mass is 367 g/mol. The SMILES string of the molecule is OC1C(=Cc2ccccc2)CN(Cc2ccccc2)C/C1=C\c1ccccc1. The van der Waals surface area contributed by atoms with Gasteiger partial charge in [-0.3, -0.25) is 4.90 Å². The smallest absolute Gasteiger partial charge is 0.0992 e. The minimum atomic E-state index is -0.549. The standard InChI is InChI=1S/C26H25NO/c28-26-24(16-21-10-4-1-5-11-21)19-27(18-23-14-8-3-9-15-23)20-25(26)17-22-12-6-2-7-13-22/h1-17,26,28H,18-20H2/b24-16+,25-17?. The minimum absolute atomic E-state index is 0.549. The molecule has 0 amide bonds. The van der Waals surface area contributed by atoms with Gasteiger partial charge in [-0.25, -0.2) is 0 Å². The van der Waals surface area contributed by atoms with Gasteiger partial charge in [-0.2, -0.15) is 0 Å². The third-order valence-electron chi connectivity index (χ3n) is 5.07. The van der Waals surface area contributed by atoms with Crippen molar-refractivity contribution < 1.29 is 5.11 Å². The molecule has 1 fully saturated rings. The van der Waals surface area contributed by atoms with E-state index in [-0.39, 0.29) is 0 Å². The first-order valence-electron chi connectivity index (χ1n) is 9.73. The van der Waals surface area contributed by atoms with Gasteiger partial charge < -0.3 is 5.11 Å². The molecule has 0 aromatic heterocycles. The van der Waals surface area contributed by atoms with Gasteiger partial charge in [0.1, 0.15) is 0 Å². The number of aliphatic hydroxyl groups is 1. The molecule has 2 nitrogen and oxygen atoms in total. The van der Waals surface area contributed by atoms with Gasteiger partial charge in [0, 0.05) is 19.6 Å². The Kier molecular flexibility index (Phi) is 5.81. The molecular formula is C26H25NO. The van der Waals surface area contributed by atoms with E-state index in [1.165, 1.54) is 5.56 Å². The largest absolute Gasteiger partial charge is 0.384 e. The molecule has 0 aliphatic carbocycles. The van der Waals surface area contributed by atoms with Crippen LogP contribution in [-0.4, -0.2) is 29.2 Å². The average molecular weight is 367 g/mol. The average Bonchev–Trinajstić information content (AvgIpc) is 2.74. The number of aliphatic hydroxyl groups excluding tert-OH is 1. The summed E-state index contributed by atoms with van der Waals surface area (Å²) >= 11 is 0. The molecule has 0 radical (unpaired) electrons. The van der Waals surface area contributed by atoms with E-state index in [1.54, 1.807) is 0 Å². The van der Waals surface area contributed by atoms with E-state index in [9.17, 15) is 5.11 Å². The van der Waals surface area contributed by atoms with Gasteiger partial charge in [0.15, 0.2) is 0 Å². The molecule has 1 unspecified atom stereocenters. The molecule has 2 heteroatoms. The van der Waals surface area contributed by atoms with Crippen LogP contribution in [-0.2, 0) is 6.54 Å². The lowest BCUT2D eigenvalue weighted by molar-refractivity contribution is 0.180. The summed E-state index contributed by atoms with van der Waals surface area (Å²) in [5.41, 5.74) is 5.61. The van der Waals surface area contributed by atoms with Crippen LogP contribution in [0.4, 0.5) is 0 Å². The topological polar surface area (TPSA) is 23.5 Å². The number of piperidine rings is 1. The van der Waals surface area contributed by atoms with E-state index >= 15 is 0 Å². The van der Waals surface area contributed by atoms with E-state index in [2.05, 4.69) is 65.6 Å². The summed E-state index contributed by atoms with van der Waals surface area (Å²) in [6.45, 7) is 2.39. The molecule has 1 atom stereocenters. The Hall–Kier alpha value is -2.94. The number of likely N-dealkylation sites (tertiary alicyclic amines) is 1. The van der Waals surface area contributed by atoms with Gasteiger partial charge >= 0.3 is 0 Å². The highest BCUT2D eigenvalue weighted by Crippen LogP contribution is 2.26. The lowest BCUT2D eigenvalue weighted by Gasteiger charge is -2.34. The van der Waals surface area contributed by atoms with E-state index in [4.69, 9.17) is 0 Å². The predicted octanol–water partition coefficient (Wildman–Crippen LogP) is 5.03. The lowest BCUT2D eigenvalue weighted by Crippen LogP contribution is -2.39. The summed E-state index contributed by atoms with van der Waals surface area (Å²) in [5.74, 6) is 0. The van der Waals surface area contributed by atoms with Gasteiger partial charge in [-0.05, 0) is 27.8 Å². The Bertz CT molecular complexity index is 886. The van der Waals surface area contributed by atoms with Crippen LogP contribution in [0.15, 0.2) is 102 Å². The highest BCUT2D eigenvalue weighted by Gasteiger charge is 2.26. The van der Waals surface area contributed by atoms with Crippen LogP contribution in [0.2, 0.25) is 0 Å². The van der Waals surface area contributed by atoms with Crippen LogP contribution >= 0.6 is 0 Å². The number of hydrogen-bond donors (Lipinski definition) is 1. The maximum atomic E-state index is 11.1. The number of rotatable bonds is 4. The first kappa shape index (κ1) is 18.4. The molecule has 28 heavy (non-hydrogen) atoms. The van der Waals surface area contributed by atoms with Gasteiger partial charge in [0.2, 0.25) is 0 Å².